The van der Waals surface area contributed by atoms with Crippen molar-refractivity contribution >= 4 is 5.78 Å². The van der Waals surface area contributed by atoms with Gasteiger partial charge in [-0.25, -0.2) is 0 Å². The molecule has 0 spiro atoms. The quantitative estimate of drug-likeness (QED) is 0.577. The van der Waals surface area contributed by atoms with E-state index in [1.54, 1.807) is 6.92 Å². The molecule has 0 amide bonds. The van der Waals surface area contributed by atoms with Gasteiger partial charge in [-0.3, -0.25) is 9.69 Å². The zero-order chi connectivity index (χ0) is 17.6. The van der Waals surface area contributed by atoms with Crippen molar-refractivity contribution in [1.82, 2.24) is 4.90 Å². The maximum atomic E-state index is 11.9. The van der Waals surface area contributed by atoms with E-state index in [1.165, 1.54) is 55.3 Å². The van der Waals surface area contributed by atoms with Crippen LogP contribution < -0.4 is 0 Å². The number of carbonyl (C=O) groups is 1. The highest BCUT2D eigenvalue weighted by Crippen LogP contribution is 2.55. The average molecular weight is 338 g/mol. The Kier molecular flexibility index (Phi) is 4.35. The van der Waals surface area contributed by atoms with Crippen LogP contribution in [0.1, 0.15) is 74.4 Å². The van der Waals surface area contributed by atoms with Gasteiger partial charge in [0.25, 0.3) is 0 Å². The van der Waals surface area contributed by atoms with Crippen molar-refractivity contribution in [2.24, 2.45) is 5.92 Å². The minimum atomic E-state index is 0.203. The third kappa shape index (κ3) is 2.79. The fraction of sp³-hybridized carbons (Fsp3) is 0.609. The van der Waals surface area contributed by atoms with Crippen LogP contribution in [0.3, 0.4) is 0 Å². The largest absolute Gasteiger partial charge is 0.296 e. The lowest BCUT2D eigenvalue weighted by molar-refractivity contribution is -0.00519. The summed E-state index contributed by atoms with van der Waals surface area (Å²) in [5, 5.41) is 0. The lowest BCUT2D eigenvalue weighted by atomic mass is 9.52. The first-order chi connectivity index (χ1) is 12.0. The van der Waals surface area contributed by atoms with Gasteiger partial charge in [0.2, 0.25) is 0 Å². The lowest BCUT2D eigenvalue weighted by Crippen LogP contribution is -2.60. The molecular formula is C23H31NO. The molecule has 1 saturated carbocycles. The number of likely N-dealkylation sites (tertiary alicyclic amines) is 1. The van der Waals surface area contributed by atoms with Crippen LogP contribution in [0.2, 0.25) is 0 Å². The zero-order valence-electron chi connectivity index (χ0n) is 16.0. The average Bonchev–Trinajstić information content (AvgIpc) is 2.60. The Labute approximate surface area is 152 Å². The van der Waals surface area contributed by atoms with Crippen LogP contribution in [0.25, 0.3) is 0 Å². The highest BCUT2D eigenvalue weighted by Gasteiger charge is 2.53. The summed E-state index contributed by atoms with van der Waals surface area (Å²) < 4.78 is 0. The number of ketones is 1. The molecule has 1 aromatic carbocycles. The number of carbonyl (C=O) groups excluding carboxylic acids is 1. The predicted octanol–water partition coefficient (Wildman–Crippen LogP) is 4.91. The third-order valence-corrected chi connectivity index (χ3v) is 7.09. The first-order valence-corrected chi connectivity index (χ1v) is 10.0. The first kappa shape index (κ1) is 17.0. The van der Waals surface area contributed by atoms with Gasteiger partial charge in [0.05, 0.1) is 0 Å². The number of hydrogen-bond acceptors (Lipinski definition) is 2. The molecule has 0 N–H and O–H groups in total. The van der Waals surface area contributed by atoms with Crippen LogP contribution in [0.15, 0.2) is 29.8 Å². The Balaban J connectivity index is 1.76. The van der Waals surface area contributed by atoms with Crippen molar-refractivity contribution in [3.63, 3.8) is 0 Å². The van der Waals surface area contributed by atoms with E-state index in [4.69, 9.17) is 0 Å². The van der Waals surface area contributed by atoms with Crippen LogP contribution in [0.4, 0.5) is 0 Å². The Morgan fingerprint density at radius 3 is 2.84 bits per heavy atom. The topological polar surface area (TPSA) is 20.3 Å². The lowest BCUT2D eigenvalue weighted by Gasteiger charge is -2.59. The van der Waals surface area contributed by atoms with E-state index in [9.17, 15) is 4.79 Å². The summed E-state index contributed by atoms with van der Waals surface area (Å²) in [4.78, 5) is 14.7. The number of nitrogens with zero attached hydrogens (tertiary/aromatic N) is 1. The summed E-state index contributed by atoms with van der Waals surface area (Å²) in [6.07, 6.45) is 10.2. The van der Waals surface area contributed by atoms with Gasteiger partial charge in [0.1, 0.15) is 0 Å². The molecule has 25 heavy (non-hydrogen) atoms. The van der Waals surface area contributed by atoms with E-state index in [1.807, 2.05) is 0 Å². The second-order valence-corrected chi connectivity index (χ2v) is 8.73. The second kappa shape index (κ2) is 6.39. The Morgan fingerprint density at radius 1 is 1.24 bits per heavy atom. The molecule has 0 radical (unpaired) electrons. The maximum Gasteiger partial charge on any atom is 0.159 e. The van der Waals surface area contributed by atoms with E-state index in [2.05, 4.69) is 43.0 Å². The van der Waals surface area contributed by atoms with Gasteiger partial charge in [-0.05, 0) is 76.1 Å². The van der Waals surface area contributed by atoms with Gasteiger partial charge in [-0.2, -0.15) is 0 Å². The number of fused-ring (bicyclic) bond motifs is 1. The molecule has 0 unspecified atom stereocenters. The molecule has 134 valence electrons. The molecule has 1 aromatic rings. The molecule has 1 aliphatic heterocycles. The third-order valence-electron chi connectivity index (χ3n) is 7.09. The van der Waals surface area contributed by atoms with Crippen LogP contribution in [0.5, 0.6) is 0 Å². The Bertz CT molecular complexity index is 715. The van der Waals surface area contributed by atoms with E-state index < -0.39 is 0 Å². The molecular weight excluding hydrogens is 306 g/mol. The van der Waals surface area contributed by atoms with Crippen LogP contribution >= 0.6 is 0 Å². The van der Waals surface area contributed by atoms with Crippen molar-refractivity contribution in [3.8, 4) is 0 Å². The Hall–Kier alpha value is -1.41. The van der Waals surface area contributed by atoms with Gasteiger partial charge in [-0.15, -0.1) is 0 Å². The number of allylic oxidation sites excluding steroid dienone is 1. The standard InChI is InChI=1S/C23H31NO/c1-16(2)9-12-24-13-11-23-10-5-4-6-20(23)22(24)15-19-8-7-18(17(3)25)14-21(19)23/h7-9,14,20,22H,4-6,10-13,15H2,1-3H3/t20-,22+,23+/m0/s1. The monoisotopic (exact) mass is 337 g/mol. The molecule has 4 rings (SSSR count). The van der Waals surface area contributed by atoms with Crippen LogP contribution in [-0.4, -0.2) is 29.8 Å². The summed E-state index contributed by atoms with van der Waals surface area (Å²) in [5.41, 5.74) is 5.70. The first-order valence-electron chi connectivity index (χ1n) is 10.0. The molecule has 1 heterocycles. The van der Waals surface area contributed by atoms with Gasteiger partial charge < -0.3 is 0 Å². The molecule has 2 bridgehead atoms. The second-order valence-electron chi connectivity index (χ2n) is 8.73. The molecule has 3 aliphatic rings. The van der Waals surface area contributed by atoms with Crippen molar-refractivity contribution in [3.05, 3.63) is 46.5 Å². The van der Waals surface area contributed by atoms with Gasteiger partial charge in [0, 0.05) is 23.6 Å². The normalized spacial score (nSPS) is 31.0. The van der Waals surface area contributed by atoms with Gasteiger partial charge >= 0.3 is 0 Å². The fourth-order valence-electron chi connectivity index (χ4n) is 5.83. The highest BCUT2D eigenvalue weighted by molar-refractivity contribution is 5.94. The predicted molar refractivity (Wildman–Crippen MR) is 103 cm³/mol. The maximum absolute atomic E-state index is 11.9. The molecule has 2 aliphatic carbocycles. The SMILES string of the molecule is CC(=O)c1ccc2c(c1)[C@@]13CCCC[C@H]1[C@@H](C2)N(CC=C(C)C)CC3. The minimum Gasteiger partial charge on any atom is -0.296 e. The molecule has 2 nitrogen and oxygen atoms in total. The molecule has 3 atom stereocenters. The summed E-state index contributed by atoms with van der Waals surface area (Å²) in [5.74, 6) is 0.977. The van der Waals surface area contributed by atoms with E-state index in [0.717, 1.165) is 24.4 Å². The van der Waals surface area contributed by atoms with Crippen molar-refractivity contribution in [2.75, 3.05) is 13.1 Å². The van der Waals surface area contributed by atoms with Crippen molar-refractivity contribution < 1.29 is 4.79 Å². The molecule has 2 heteroatoms. The smallest absolute Gasteiger partial charge is 0.159 e. The zero-order valence-corrected chi connectivity index (χ0v) is 16.0. The van der Waals surface area contributed by atoms with Crippen LogP contribution in [-0.2, 0) is 11.8 Å². The fourth-order valence-corrected chi connectivity index (χ4v) is 5.83. The number of piperidine rings is 1. The number of hydrogen-bond donors (Lipinski definition) is 0. The Morgan fingerprint density at radius 2 is 2.08 bits per heavy atom. The number of Topliss-reactive ketones (excluding diaryl/α,β-unsaturated/α-hetero) is 1. The summed E-state index contributed by atoms with van der Waals surface area (Å²) >= 11 is 0. The number of benzene rings is 1. The summed E-state index contributed by atoms with van der Waals surface area (Å²) in [6, 6.07) is 7.26. The van der Waals surface area contributed by atoms with Crippen molar-refractivity contribution in [1.29, 1.82) is 0 Å². The van der Waals surface area contributed by atoms with E-state index >= 15 is 0 Å². The van der Waals surface area contributed by atoms with Crippen molar-refractivity contribution in [2.45, 2.75) is 70.8 Å². The summed E-state index contributed by atoms with van der Waals surface area (Å²) in [6.45, 7) is 8.41. The number of rotatable bonds is 3. The highest BCUT2D eigenvalue weighted by atomic mass is 16.1. The molecule has 2 fully saturated rings. The van der Waals surface area contributed by atoms with E-state index in [-0.39, 0.29) is 5.78 Å². The molecule has 0 aromatic heterocycles. The van der Waals surface area contributed by atoms with E-state index in [0.29, 0.717) is 11.5 Å². The van der Waals surface area contributed by atoms with Gasteiger partial charge in [0.15, 0.2) is 5.78 Å². The minimum absolute atomic E-state index is 0.203. The molecule has 1 saturated heterocycles. The van der Waals surface area contributed by atoms with Gasteiger partial charge in [-0.1, -0.05) is 36.6 Å². The van der Waals surface area contributed by atoms with Crippen LogP contribution in [0, 0.1) is 5.92 Å². The summed E-state index contributed by atoms with van der Waals surface area (Å²) in [7, 11) is 0.